The molecule has 2 aromatic rings. The highest BCUT2D eigenvalue weighted by Crippen LogP contribution is 2.31. The quantitative estimate of drug-likeness (QED) is 0.292. The van der Waals surface area contributed by atoms with Crippen LogP contribution < -0.4 is 4.84 Å². The summed E-state index contributed by atoms with van der Waals surface area (Å²) in [6.45, 7) is 0.814. The number of pyridine rings is 1. The average Bonchev–Trinajstić information content (AvgIpc) is 2.77. The Morgan fingerprint density at radius 2 is 1.80 bits per heavy atom. The third-order valence-corrected chi connectivity index (χ3v) is 4.25. The van der Waals surface area contributed by atoms with Gasteiger partial charge in [-0.05, 0) is 18.2 Å². The van der Waals surface area contributed by atoms with E-state index in [4.69, 9.17) is 4.84 Å². The van der Waals surface area contributed by atoms with Gasteiger partial charge in [0.15, 0.2) is 0 Å². The molecule has 0 unspecified atom stereocenters. The third-order valence-electron chi connectivity index (χ3n) is 4.25. The van der Waals surface area contributed by atoms with Gasteiger partial charge in [-0.3, -0.25) is 34.8 Å². The van der Waals surface area contributed by atoms with Gasteiger partial charge in [-0.15, -0.1) is 5.01 Å². The highest BCUT2D eigenvalue weighted by atomic mass is 16.7. The largest absolute Gasteiger partial charge is 0.569 e. The number of non-ortho nitro benzene ring substituents is 1. The molecule has 1 fully saturated rings. The van der Waals surface area contributed by atoms with E-state index in [0.29, 0.717) is 11.6 Å². The van der Waals surface area contributed by atoms with E-state index in [0.717, 1.165) is 12.1 Å². The highest BCUT2D eigenvalue weighted by Gasteiger charge is 2.27. The molecule has 14 heteroatoms. The van der Waals surface area contributed by atoms with Gasteiger partial charge >= 0.3 is 5.69 Å². The van der Waals surface area contributed by atoms with Crippen molar-refractivity contribution in [2.24, 2.45) is 5.28 Å². The minimum atomic E-state index is -0.879. The topological polar surface area (TPSA) is 170 Å². The maximum absolute atomic E-state index is 12.4. The summed E-state index contributed by atoms with van der Waals surface area (Å²) in [5, 5.41) is 38.5. The fourth-order valence-electron chi connectivity index (χ4n) is 2.71. The van der Waals surface area contributed by atoms with Crippen LogP contribution in [-0.2, 0) is 0 Å². The Kier molecular flexibility index (Phi) is 5.95. The fraction of sp³-hybridized carbons (Fsp3) is 0.250. The monoisotopic (exact) mass is 417 g/mol. The molecule has 1 aliphatic heterocycles. The summed E-state index contributed by atoms with van der Waals surface area (Å²) in [4.78, 5) is 42.9. The number of nitrogens with zero attached hydrogens (tertiary/aromatic N) is 7. The maximum Gasteiger partial charge on any atom is 0.321 e. The van der Waals surface area contributed by atoms with Crippen LogP contribution in [-0.4, -0.2) is 61.8 Å². The molecule has 2 heterocycles. The summed E-state index contributed by atoms with van der Waals surface area (Å²) in [5.74, 6) is -0.633. The number of aromatic nitrogens is 1. The number of piperazine rings is 1. The molecule has 1 aromatic carbocycles. The van der Waals surface area contributed by atoms with Crippen molar-refractivity contribution < 1.29 is 24.4 Å². The van der Waals surface area contributed by atoms with Crippen LogP contribution in [0.25, 0.3) is 0 Å². The molecule has 1 aromatic heterocycles. The van der Waals surface area contributed by atoms with E-state index in [-0.39, 0.29) is 37.1 Å². The lowest BCUT2D eigenvalue weighted by Gasteiger charge is -2.31. The summed E-state index contributed by atoms with van der Waals surface area (Å²) in [6.07, 6.45) is 3.01. The van der Waals surface area contributed by atoms with Crippen molar-refractivity contribution in [1.82, 2.24) is 14.9 Å². The lowest BCUT2D eigenvalue weighted by atomic mass is 10.2. The van der Waals surface area contributed by atoms with Gasteiger partial charge in [0.2, 0.25) is 11.0 Å². The number of nitro benzene ring substituents is 2. The normalized spacial score (nSPS) is 14.3. The molecule has 0 N–H and O–H groups in total. The molecular weight excluding hydrogens is 402 g/mol. The number of carbonyl (C=O) groups excluding carboxylic acids is 1. The first kappa shape index (κ1) is 20.4. The summed E-state index contributed by atoms with van der Waals surface area (Å²) in [5.41, 5.74) is -0.765. The van der Waals surface area contributed by atoms with E-state index in [9.17, 15) is 30.2 Å². The van der Waals surface area contributed by atoms with Crippen molar-refractivity contribution in [1.29, 1.82) is 0 Å². The molecule has 1 aliphatic rings. The smallest absolute Gasteiger partial charge is 0.321 e. The molecule has 0 spiro atoms. The number of hydrogen-bond acceptors (Lipinski definition) is 9. The molecule has 1 amide bonds. The van der Waals surface area contributed by atoms with Gasteiger partial charge in [0, 0.05) is 31.5 Å². The zero-order valence-electron chi connectivity index (χ0n) is 15.4. The Morgan fingerprint density at radius 3 is 2.40 bits per heavy atom. The minimum Gasteiger partial charge on any atom is -0.569 e. The van der Waals surface area contributed by atoms with Crippen LogP contribution in [0, 0.1) is 25.4 Å². The van der Waals surface area contributed by atoms with Gasteiger partial charge in [0.25, 0.3) is 11.6 Å². The molecule has 0 radical (unpaired) electrons. The molecule has 3 rings (SSSR count). The number of rotatable bonds is 6. The zero-order chi connectivity index (χ0) is 21.7. The van der Waals surface area contributed by atoms with Crippen LogP contribution in [0.5, 0.6) is 5.75 Å². The minimum absolute atomic E-state index is 0.122. The molecule has 0 aliphatic carbocycles. The second-order valence-electron chi connectivity index (χ2n) is 6.08. The van der Waals surface area contributed by atoms with Gasteiger partial charge in [0.05, 0.1) is 39.5 Å². The Bertz CT molecular complexity index is 991. The Hall–Kier alpha value is -4.36. The number of nitro groups is 2. The molecule has 0 saturated carbocycles. The maximum atomic E-state index is 12.4. The van der Waals surface area contributed by atoms with Gasteiger partial charge in [-0.25, -0.2) is 0 Å². The van der Waals surface area contributed by atoms with Gasteiger partial charge in [-0.1, -0.05) is 0 Å². The summed E-state index contributed by atoms with van der Waals surface area (Å²) in [6, 6.07) is 5.98. The lowest BCUT2D eigenvalue weighted by molar-refractivity contribution is -0.708. The summed E-state index contributed by atoms with van der Waals surface area (Å²) >= 11 is 0. The van der Waals surface area contributed by atoms with Crippen molar-refractivity contribution in [2.45, 2.75) is 0 Å². The number of hydrogen-bond donors (Lipinski definition) is 0. The fourth-order valence-corrected chi connectivity index (χ4v) is 2.71. The average molecular weight is 417 g/mol. The number of hydrazine groups is 1. The SMILES string of the molecule is O=C(c1cccnc1)N1CCN(/[N+]([O-])=N/Oc2ccc([N+](=O)[O-])cc2[N+](=O)[O-])CC1. The van der Waals surface area contributed by atoms with Crippen LogP contribution in [0.1, 0.15) is 10.4 Å². The standard InChI is InChI=1S/C16H15N7O7/c24-16(12-2-1-5-17-11-12)19-6-8-20(9-7-19)23(29)18-30-15-4-3-13(21(25)26)10-14(15)22(27)28/h1-5,10-11H,6-9H2/b23-18-. The number of amides is 1. The molecule has 0 atom stereocenters. The predicted molar refractivity (Wildman–Crippen MR) is 98.1 cm³/mol. The predicted octanol–water partition coefficient (Wildman–Crippen LogP) is 1.53. The number of carbonyl (C=O) groups is 1. The molecular formula is C16H15N7O7. The molecule has 30 heavy (non-hydrogen) atoms. The number of benzene rings is 1. The van der Waals surface area contributed by atoms with E-state index < -0.39 is 27.0 Å². The van der Waals surface area contributed by atoms with Crippen molar-refractivity contribution in [3.05, 3.63) is 73.7 Å². The van der Waals surface area contributed by atoms with E-state index in [1.807, 2.05) is 0 Å². The van der Waals surface area contributed by atoms with Crippen LogP contribution in [0.4, 0.5) is 11.4 Å². The Balaban J connectivity index is 1.63. The van der Waals surface area contributed by atoms with Crippen molar-refractivity contribution in [2.75, 3.05) is 26.2 Å². The summed E-state index contributed by atoms with van der Waals surface area (Å²) in [7, 11) is 0. The molecule has 156 valence electrons. The lowest BCUT2D eigenvalue weighted by Crippen LogP contribution is -2.50. The second kappa shape index (κ2) is 8.76. The second-order valence-corrected chi connectivity index (χ2v) is 6.08. The first-order valence-corrected chi connectivity index (χ1v) is 8.59. The van der Waals surface area contributed by atoms with Crippen molar-refractivity contribution in [3.8, 4) is 5.75 Å². The van der Waals surface area contributed by atoms with Crippen LogP contribution >= 0.6 is 0 Å². The van der Waals surface area contributed by atoms with Crippen molar-refractivity contribution >= 4 is 17.3 Å². The van der Waals surface area contributed by atoms with Crippen LogP contribution in [0.3, 0.4) is 0 Å². The highest BCUT2D eigenvalue weighted by molar-refractivity contribution is 5.93. The Morgan fingerprint density at radius 1 is 1.07 bits per heavy atom. The zero-order valence-corrected chi connectivity index (χ0v) is 15.4. The van der Waals surface area contributed by atoms with E-state index in [2.05, 4.69) is 10.3 Å². The first-order chi connectivity index (χ1) is 14.4. The Labute approximate surface area is 168 Å². The first-order valence-electron chi connectivity index (χ1n) is 8.59. The summed E-state index contributed by atoms with van der Waals surface area (Å²) < 4.78 is 0. The van der Waals surface area contributed by atoms with Crippen LogP contribution in [0.2, 0.25) is 0 Å². The van der Waals surface area contributed by atoms with Gasteiger partial charge in [0.1, 0.15) is 0 Å². The van der Waals surface area contributed by atoms with E-state index in [1.54, 1.807) is 23.2 Å². The van der Waals surface area contributed by atoms with Gasteiger partial charge in [-0.2, -0.15) is 0 Å². The van der Waals surface area contributed by atoms with Crippen molar-refractivity contribution in [3.63, 3.8) is 0 Å². The molecule has 1 saturated heterocycles. The van der Waals surface area contributed by atoms with E-state index in [1.165, 1.54) is 11.2 Å². The molecule has 0 bridgehead atoms. The third kappa shape index (κ3) is 4.54. The van der Waals surface area contributed by atoms with Crippen LogP contribution in [0.15, 0.2) is 48.0 Å². The van der Waals surface area contributed by atoms with E-state index >= 15 is 0 Å². The van der Waals surface area contributed by atoms with Gasteiger partial charge < -0.3 is 10.1 Å². The molecule has 14 nitrogen and oxygen atoms in total.